The molecule has 0 aromatic heterocycles. The normalized spacial score (nSPS) is 14.6. The Bertz CT molecular complexity index is 676. The second-order valence-electron chi connectivity index (χ2n) is 6.95. The quantitative estimate of drug-likeness (QED) is 0.869. The van der Waals surface area contributed by atoms with Gasteiger partial charge in [-0.1, -0.05) is 6.07 Å². The van der Waals surface area contributed by atoms with E-state index in [1.54, 1.807) is 49.9 Å². The van der Waals surface area contributed by atoms with Crippen LogP contribution in [0.1, 0.15) is 31.1 Å². The van der Waals surface area contributed by atoms with Gasteiger partial charge in [0.1, 0.15) is 11.4 Å². The van der Waals surface area contributed by atoms with Crippen LogP contribution in [-0.2, 0) is 4.74 Å². The van der Waals surface area contributed by atoms with Crippen LogP contribution in [-0.4, -0.2) is 66.7 Å². The number of carbonyl (C=O) groups is 3. The summed E-state index contributed by atoms with van der Waals surface area (Å²) < 4.78 is 10.4. The predicted octanol–water partition coefficient (Wildman–Crippen LogP) is 2.10. The highest BCUT2D eigenvalue weighted by Gasteiger charge is 2.28. The molecule has 1 saturated heterocycles. The summed E-state index contributed by atoms with van der Waals surface area (Å²) in [5.74, 6) is 0.0412. The van der Waals surface area contributed by atoms with Crippen LogP contribution in [0.2, 0.25) is 0 Å². The molecule has 1 aromatic rings. The fourth-order valence-electron chi connectivity index (χ4n) is 2.43. The van der Waals surface area contributed by atoms with E-state index in [1.165, 1.54) is 12.0 Å². The number of amides is 4. The highest BCUT2D eigenvalue weighted by atomic mass is 16.6. The number of nitrogens with one attached hydrogen (secondary N) is 1. The Balaban J connectivity index is 1.86. The molecule has 1 aliphatic rings. The second-order valence-corrected chi connectivity index (χ2v) is 6.95. The maximum Gasteiger partial charge on any atom is 0.410 e. The molecule has 0 atom stereocenters. The smallest absolute Gasteiger partial charge is 0.410 e. The summed E-state index contributed by atoms with van der Waals surface area (Å²) in [4.78, 5) is 39.6. The maximum atomic E-state index is 12.3. The molecule has 8 nitrogen and oxygen atoms in total. The number of nitrogens with zero attached hydrogens (tertiary/aromatic N) is 2. The molecule has 8 heteroatoms. The highest BCUT2D eigenvalue weighted by Crippen LogP contribution is 2.13. The zero-order valence-electron chi connectivity index (χ0n) is 15.6. The number of carbonyl (C=O) groups excluding carboxylic acids is 3. The van der Waals surface area contributed by atoms with Gasteiger partial charge in [0.15, 0.2) is 0 Å². The third-order valence-electron chi connectivity index (χ3n) is 3.77. The Labute approximate surface area is 153 Å². The molecule has 0 unspecified atom stereocenters. The van der Waals surface area contributed by atoms with Gasteiger partial charge in [0.25, 0.3) is 5.91 Å². The van der Waals surface area contributed by atoms with E-state index in [0.29, 0.717) is 37.5 Å². The third-order valence-corrected chi connectivity index (χ3v) is 3.77. The molecular formula is C18H25N3O5. The molecule has 1 fully saturated rings. The van der Waals surface area contributed by atoms with Crippen LogP contribution in [0.5, 0.6) is 5.75 Å². The Morgan fingerprint density at radius 3 is 2.23 bits per heavy atom. The fourth-order valence-corrected chi connectivity index (χ4v) is 2.43. The zero-order valence-corrected chi connectivity index (χ0v) is 15.6. The third kappa shape index (κ3) is 5.37. The van der Waals surface area contributed by atoms with Crippen LogP contribution in [0.4, 0.5) is 9.59 Å². The molecule has 1 aliphatic heterocycles. The highest BCUT2D eigenvalue weighted by molar-refractivity contribution is 6.04. The number of urea groups is 1. The number of hydrogen-bond acceptors (Lipinski definition) is 5. The van der Waals surface area contributed by atoms with E-state index in [-0.39, 0.29) is 0 Å². The van der Waals surface area contributed by atoms with Gasteiger partial charge in [-0.2, -0.15) is 0 Å². The molecule has 4 amide bonds. The van der Waals surface area contributed by atoms with E-state index >= 15 is 0 Å². The Morgan fingerprint density at radius 2 is 1.65 bits per heavy atom. The van der Waals surface area contributed by atoms with Crippen LogP contribution in [0, 0.1) is 0 Å². The summed E-state index contributed by atoms with van der Waals surface area (Å²) in [5.41, 5.74) is -0.223. The number of hydrogen-bond donors (Lipinski definition) is 1. The van der Waals surface area contributed by atoms with Crippen molar-refractivity contribution in [1.82, 2.24) is 15.1 Å². The standard InChI is InChI=1S/C18H25N3O5/c1-18(2,3)26-17(24)21-10-8-20(9-11-21)16(23)19-15(22)13-6-5-7-14(12-13)25-4/h5-7,12H,8-11H2,1-4H3,(H,19,22,23). The Kier molecular flexibility index (Phi) is 6.07. The number of rotatable bonds is 2. The van der Waals surface area contributed by atoms with Crippen LogP contribution < -0.4 is 10.1 Å². The van der Waals surface area contributed by atoms with E-state index in [4.69, 9.17) is 9.47 Å². The average Bonchev–Trinajstić information content (AvgIpc) is 2.60. The van der Waals surface area contributed by atoms with Crippen molar-refractivity contribution in [3.63, 3.8) is 0 Å². The molecule has 0 aliphatic carbocycles. The van der Waals surface area contributed by atoms with Gasteiger partial charge in [-0.15, -0.1) is 0 Å². The number of methoxy groups -OCH3 is 1. The minimum atomic E-state index is -0.561. The summed E-state index contributed by atoms with van der Waals surface area (Å²) in [6.45, 7) is 6.79. The topological polar surface area (TPSA) is 88.2 Å². The minimum Gasteiger partial charge on any atom is -0.497 e. The largest absolute Gasteiger partial charge is 0.497 e. The van der Waals surface area contributed by atoms with Crippen LogP contribution in [0.3, 0.4) is 0 Å². The number of ether oxygens (including phenoxy) is 2. The SMILES string of the molecule is COc1cccc(C(=O)NC(=O)N2CCN(C(=O)OC(C)(C)C)CC2)c1. The summed E-state index contributed by atoms with van der Waals surface area (Å²) in [5, 5.41) is 2.36. The molecule has 1 aromatic carbocycles. The molecule has 26 heavy (non-hydrogen) atoms. The molecule has 0 radical (unpaired) electrons. The number of imide groups is 1. The predicted molar refractivity (Wildman–Crippen MR) is 95.2 cm³/mol. The molecule has 1 heterocycles. The van der Waals surface area contributed by atoms with Crippen molar-refractivity contribution in [2.75, 3.05) is 33.3 Å². The molecule has 0 saturated carbocycles. The van der Waals surface area contributed by atoms with Crippen molar-refractivity contribution in [3.8, 4) is 5.75 Å². The monoisotopic (exact) mass is 363 g/mol. The Morgan fingerprint density at radius 1 is 1.04 bits per heavy atom. The van der Waals surface area contributed by atoms with Crippen molar-refractivity contribution >= 4 is 18.0 Å². The molecular weight excluding hydrogens is 338 g/mol. The van der Waals surface area contributed by atoms with Crippen molar-refractivity contribution < 1.29 is 23.9 Å². The first-order valence-electron chi connectivity index (χ1n) is 8.42. The van der Waals surface area contributed by atoms with E-state index in [0.717, 1.165) is 0 Å². The lowest BCUT2D eigenvalue weighted by Gasteiger charge is -2.35. The molecule has 0 bridgehead atoms. The van der Waals surface area contributed by atoms with E-state index < -0.39 is 23.6 Å². The first-order chi connectivity index (χ1) is 12.2. The van der Waals surface area contributed by atoms with E-state index in [2.05, 4.69) is 5.32 Å². The summed E-state index contributed by atoms with van der Waals surface area (Å²) in [6, 6.07) is 6.07. The van der Waals surface area contributed by atoms with Gasteiger partial charge >= 0.3 is 12.1 Å². The number of piperazine rings is 1. The van der Waals surface area contributed by atoms with Crippen molar-refractivity contribution in [1.29, 1.82) is 0 Å². The van der Waals surface area contributed by atoms with Crippen molar-refractivity contribution in [2.45, 2.75) is 26.4 Å². The lowest BCUT2D eigenvalue weighted by molar-refractivity contribution is 0.0169. The lowest BCUT2D eigenvalue weighted by Crippen LogP contribution is -2.54. The van der Waals surface area contributed by atoms with Gasteiger partial charge in [-0.25, -0.2) is 9.59 Å². The molecule has 142 valence electrons. The zero-order chi connectivity index (χ0) is 19.3. The van der Waals surface area contributed by atoms with E-state index in [9.17, 15) is 14.4 Å². The summed E-state index contributed by atoms with van der Waals surface area (Å²) in [6.07, 6.45) is -0.398. The average molecular weight is 363 g/mol. The molecule has 1 N–H and O–H groups in total. The summed E-state index contributed by atoms with van der Waals surface area (Å²) in [7, 11) is 1.51. The van der Waals surface area contributed by atoms with Gasteiger partial charge in [0, 0.05) is 31.7 Å². The van der Waals surface area contributed by atoms with Crippen molar-refractivity contribution in [2.24, 2.45) is 0 Å². The van der Waals surface area contributed by atoms with Gasteiger partial charge in [-0.05, 0) is 39.0 Å². The van der Waals surface area contributed by atoms with Gasteiger partial charge in [0.2, 0.25) is 0 Å². The number of benzene rings is 1. The Hall–Kier alpha value is -2.77. The molecule has 0 spiro atoms. The fraction of sp³-hybridized carbons (Fsp3) is 0.500. The van der Waals surface area contributed by atoms with Crippen LogP contribution in [0.25, 0.3) is 0 Å². The van der Waals surface area contributed by atoms with E-state index in [1.807, 2.05) is 0 Å². The van der Waals surface area contributed by atoms with Crippen molar-refractivity contribution in [3.05, 3.63) is 29.8 Å². The minimum absolute atomic E-state index is 0.330. The molecule has 2 rings (SSSR count). The van der Waals surface area contributed by atoms with Gasteiger partial charge in [-0.3, -0.25) is 10.1 Å². The second kappa shape index (κ2) is 8.07. The lowest BCUT2D eigenvalue weighted by atomic mass is 10.2. The first kappa shape index (κ1) is 19.6. The van der Waals surface area contributed by atoms with Gasteiger partial charge in [0.05, 0.1) is 7.11 Å². The summed E-state index contributed by atoms with van der Waals surface area (Å²) >= 11 is 0. The first-order valence-corrected chi connectivity index (χ1v) is 8.42. The maximum absolute atomic E-state index is 12.3. The van der Waals surface area contributed by atoms with Crippen LogP contribution >= 0.6 is 0 Å². The van der Waals surface area contributed by atoms with Gasteiger partial charge < -0.3 is 19.3 Å². The van der Waals surface area contributed by atoms with Crippen LogP contribution in [0.15, 0.2) is 24.3 Å².